The third-order valence-electron chi connectivity index (χ3n) is 8.81. The topological polar surface area (TPSA) is 123 Å². The van der Waals surface area contributed by atoms with E-state index in [0.717, 1.165) is 25.7 Å². The van der Waals surface area contributed by atoms with Gasteiger partial charge in [0, 0.05) is 57.2 Å². The van der Waals surface area contributed by atoms with Crippen LogP contribution in [0.15, 0.2) is 60.7 Å². The Morgan fingerprint density at radius 2 is 1.09 bits per heavy atom. The molecule has 2 saturated heterocycles. The van der Waals surface area contributed by atoms with E-state index in [1.54, 1.807) is 9.80 Å². The maximum Gasteiger partial charge on any atom is 0.410 e. The smallest absolute Gasteiger partial charge is 0.410 e. The van der Waals surface area contributed by atoms with Gasteiger partial charge in [0.25, 0.3) is 0 Å². The predicted molar refractivity (Wildman–Crippen MR) is 184 cm³/mol. The molecule has 260 valence electrons. The van der Waals surface area contributed by atoms with E-state index in [0.29, 0.717) is 39.3 Å². The Kier molecular flexibility index (Phi) is 13.2. The number of carbonyl (C=O) groups excluding carboxylic acids is 3. The highest BCUT2D eigenvalue weighted by atomic mass is 16.6. The van der Waals surface area contributed by atoms with E-state index in [4.69, 9.17) is 19.9 Å². The number of nitrogens with one attached hydrogen (secondary N) is 1. The summed E-state index contributed by atoms with van der Waals surface area (Å²) < 4.78 is 15.8. The van der Waals surface area contributed by atoms with E-state index in [2.05, 4.69) is 29.6 Å². The summed E-state index contributed by atoms with van der Waals surface area (Å²) >= 11 is 0. The Bertz CT molecular complexity index is 1270. The van der Waals surface area contributed by atoms with Crippen LogP contribution < -0.4 is 11.1 Å². The first-order valence-electron chi connectivity index (χ1n) is 16.6. The van der Waals surface area contributed by atoms with Gasteiger partial charge < -0.3 is 35.1 Å². The molecule has 4 rings (SSSR count). The van der Waals surface area contributed by atoms with Crippen molar-refractivity contribution in [3.63, 3.8) is 0 Å². The Labute approximate surface area is 281 Å². The van der Waals surface area contributed by atoms with Crippen molar-refractivity contribution < 1.29 is 28.6 Å². The molecule has 0 spiro atoms. The Balaban J connectivity index is 0.000000261. The molecular weight excluding hydrogens is 596 g/mol. The average Bonchev–Trinajstić information content (AvgIpc) is 3.04. The van der Waals surface area contributed by atoms with Crippen molar-refractivity contribution in [2.75, 3.05) is 53.0 Å². The molecular formula is C37H56N4O6. The Morgan fingerprint density at radius 3 is 1.45 bits per heavy atom. The third-order valence-corrected chi connectivity index (χ3v) is 8.81. The van der Waals surface area contributed by atoms with E-state index in [1.807, 2.05) is 77.9 Å². The molecule has 3 N–H and O–H groups in total. The number of likely N-dealkylation sites (tertiary alicyclic amines) is 2. The molecule has 0 unspecified atom stereocenters. The van der Waals surface area contributed by atoms with Crippen molar-refractivity contribution in [3.05, 3.63) is 71.8 Å². The maximum absolute atomic E-state index is 12.3. The molecule has 2 heterocycles. The van der Waals surface area contributed by atoms with Gasteiger partial charge >= 0.3 is 12.2 Å². The average molecular weight is 653 g/mol. The number of nitrogens with two attached hydrogens (primary N) is 1. The summed E-state index contributed by atoms with van der Waals surface area (Å²) in [7, 11) is 1.51. The highest BCUT2D eigenvalue weighted by Crippen LogP contribution is 2.36. The minimum atomic E-state index is -0.501. The first kappa shape index (κ1) is 37.8. The molecule has 0 saturated carbocycles. The fourth-order valence-corrected chi connectivity index (χ4v) is 6.10. The van der Waals surface area contributed by atoms with Gasteiger partial charge in [-0.3, -0.25) is 4.79 Å². The molecule has 0 bridgehead atoms. The number of hydrogen-bond donors (Lipinski definition) is 2. The summed E-state index contributed by atoms with van der Waals surface area (Å²) in [4.78, 5) is 39.9. The zero-order valence-electron chi connectivity index (χ0n) is 29.5. The number of ether oxygens (including phenoxy) is 3. The van der Waals surface area contributed by atoms with Crippen molar-refractivity contribution in [1.82, 2.24) is 15.1 Å². The predicted octanol–water partition coefficient (Wildman–Crippen LogP) is 5.63. The lowest BCUT2D eigenvalue weighted by atomic mass is 9.72. The van der Waals surface area contributed by atoms with Gasteiger partial charge in [0.2, 0.25) is 5.91 Å². The number of nitrogens with zero attached hydrogens (tertiary/aromatic N) is 2. The summed E-state index contributed by atoms with van der Waals surface area (Å²) in [5.74, 6) is -0.127. The van der Waals surface area contributed by atoms with Gasteiger partial charge in [-0.25, -0.2) is 9.59 Å². The monoisotopic (exact) mass is 652 g/mol. The number of piperidine rings is 2. The van der Waals surface area contributed by atoms with Crippen LogP contribution in [0.2, 0.25) is 0 Å². The number of carbonyl (C=O) groups is 3. The molecule has 10 nitrogen and oxygen atoms in total. The zero-order valence-corrected chi connectivity index (χ0v) is 29.5. The van der Waals surface area contributed by atoms with E-state index >= 15 is 0 Å². The molecule has 47 heavy (non-hydrogen) atoms. The van der Waals surface area contributed by atoms with Crippen LogP contribution >= 0.6 is 0 Å². The number of hydrogen-bond acceptors (Lipinski definition) is 7. The molecule has 0 aliphatic carbocycles. The number of methoxy groups -OCH3 is 1. The number of amides is 3. The van der Waals surface area contributed by atoms with Crippen LogP contribution in [0, 0.1) is 0 Å². The highest BCUT2D eigenvalue weighted by Gasteiger charge is 2.39. The Hall–Kier alpha value is -3.63. The second-order valence-corrected chi connectivity index (χ2v) is 14.6. The van der Waals surface area contributed by atoms with E-state index in [1.165, 1.54) is 18.2 Å². The minimum absolute atomic E-state index is 0.0141. The van der Waals surface area contributed by atoms with Gasteiger partial charge in [-0.05, 0) is 78.4 Å². The van der Waals surface area contributed by atoms with E-state index in [9.17, 15) is 14.4 Å². The normalized spacial score (nSPS) is 17.5. The lowest BCUT2D eigenvalue weighted by Gasteiger charge is -2.42. The minimum Gasteiger partial charge on any atom is -0.444 e. The third kappa shape index (κ3) is 11.2. The Morgan fingerprint density at radius 1 is 0.702 bits per heavy atom. The lowest BCUT2D eigenvalue weighted by Crippen LogP contribution is -2.51. The molecule has 2 fully saturated rings. The molecule has 0 atom stereocenters. The largest absolute Gasteiger partial charge is 0.444 e. The van der Waals surface area contributed by atoms with Gasteiger partial charge in [-0.1, -0.05) is 60.7 Å². The summed E-state index contributed by atoms with van der Waals surface area (Å²) in [5, 5.41) is 2.98. The molecule has 0 aromatic heterocycles. The summed E-state index contributed by atoms with van der Waals surface area (Å²) in [6, 6.07) is 20.6. The van der Waals surface area contributed by atoms with Crippen LogP contribution in [0.1, 0.15) is 78.4 Å². The molecule has 2 aliphatic heterocycles. The van der Waals surface area contributed by atoms with Gasteiger partial charge in [0.15, 0.2) is 0 Å². The standard InChI is InChI=1S/C20H30N2O4.C17H26N2O2/c1-19(2,3)26-18(24)22-12-10-20(11-13-22,15-21-17(23)14-25-4)16-8-6-5-7-9-16;1-16(2,3)21-15(20)19-11-9-17(13-18,10-12-19)14-7-5-4-6-8-14/h5-9H,10-15H2,1-4H3,(H,21,23);4-8H,9-13,18H2,1-3H3. The van der Waals surface area contributed by atoms with Crippen LogP contribution in [0.25, 0.3) is 0 Å². The quantitative estimate of drug-likeness (QED) is 0.397. The fourth-order valence-electron chi connectivity index (χ4n) is 6.10. The lowest BCUT2D eigenvalue weighted by molar-refractivity contribution is -0.125. The van der Waals surface area contributed by atoms with E-state index < -0.39 is 11.2 Å². The van der Waals surface area contributed by atoms with Crippen molar-refractivity contribution in [3.8, 4) is 0 Å². The number of benzene rings is 2. The van der Waals surface area contributed by atoms with Crippen LogP contribution in [0.3, 0.4) is 0 Å². The summed E-state index contributed by atoms with van der Waals surface area (Å²) in [5.41, 5.74) is 7.36. The van der Waals surface area contributed by atoms with Gasteiger partial charge in [0.05, 0.1) is 0 Å². The van der Waals surface area contributed by atoms with E-state index in [-0.39, 0.29) is 35.5 Å². The highest BCUT2D eigenvalue weighted by molar-refractivity contribution is 5.77. The van der Waals surface area contributed by atoms with Crippen molar-refractivity contribution in [2.45, 2.75) is 89.3 Å². The first-order chi connectivity index (χ1) is 22.1. The van der Waals surface area contributed by atoms with Crippen molar-refractivity contribution in [1.29, 1.82) is 0 Å². The number of rotatable bonds is 7. The SMILES string of the molecule is CC(C)(C)OC(=O)N1CCC(CN)(c2ccccc2)CC1.COCC(=O)NCC1(c2ccccc2)CCN(C(=O)OC(C)(C)C)CC1. The summed E-state index contributed by atoms with van der Waals surface area (Å²) in [6.07, 6.45) is 2.80. The van der Waals surface area contributed by atoms with Crippen molar-refractivity contribution >= 4 is 18.1 Å². The molecule has 0 radical (unpaired) electrons. The van der Waals surface area contributed by atoms with Crippen LogP contribution in [-0.2, 0) is 29.8 Å². The van der Waals surface area contributed by atoms with Crippen LogP contribution in [0.4, 0.5) is 9.59 Å². The molecule has 3 amide bonds. The van der Waals surface area contributed by atoms with Gasteiger partial charge in [0.1, 0.15) is 17.8 Å². The van der Waals surface area contributed by atoms with Gasteiger partial charge in [-0.15, -0.1) is 0 Å². The fraction of sp³-hybridized carbons (Fsp3) is 0.595. The second-order valence-electron chi connectivity index (χ2n) is 14.6. The van der Waals surface area contributed by atoms with Crippen molar-refractivity contribution in [2.24, 2.45) is 5.73 Å². The molecule has 2 aromatic rings. The van der Waals surface area contributed by atoms with Gasteiger partial charge in [-0.2, -0.15) is 0 Å². The molecule has 2 aromatic carbocycles. The maximum atomic E-state index is 12.3. The molecule has 2 aliphatic rings. The second kappa shape index (κ2) is 16.5. The first-order valence-corrected chi connectivity index (χ1v) is 16.6. The van der Waals surface area contributed by atoms with Crippen LogP contribution in [-0.4, -0.2) is 92.1 Å². The van der Waals surface area contributed by atoms with Crippen LogP contribution in [0.5, 0.6) is 0 Å². The molecule has 10 heteroatoms. The zero-order chi connectivity index (χ0) is 34.7. The summed E-state index contributed by atoms with van der Waals surface area (Å²) in [6.45, 7) is 15.1.